The van der Waals surface area contributed by atoms with Crippen molar-refractivity contribution in [2.75, 3.05) is 19.4 Å². The van der Waals surface area contributed by atoms with Crippen molar-refractivity contribution >= 4 is 81.6 Å². The van der Waals surface area contributed by atoms with Gasteiger partial charge in [0, 0.05) is 38.3 Å². The Morgan fingerprint density at radius 2 is 2.03 bits per heavy atom. The van der Waals surface area contributed by atoms with Crippen LogP contribution in [-0.2, 0) is 14.4 Å². The third kappa shape index (κ3) is 7.10. The number of amides is 2. The molecule has 2 heterocycles. The molecular weight excluding hydrogens is 556 g/mol. The van der Waals surface area contributed by atoms with Crippen molar-refractivity contribution in [3.05, 3.63) is 38.2 Å². The number of hydrogen-bond acceptors (Lipinski definition) is 8. The highest BCUT2D eigenvalue weighted by molar-refractivity contribution is 7.82. The van der Waals surface area contributed by atoms with Gasteiger partial charge in [-0.2, -0.15) is 0 Å². The van der Waals surface area contributed by atoms with Crippen molar-refractivity contribution in [2.24, 2.45) is 11.8 Å². The van der Waals surface area contributed by atoms with Gasteiger partial charge in [0.25, 0.3) is 5.91 Å². The number of fused-ring (bicyclic) bond motifs is 1. The molecule has 0 spiro atoms. The SMILES string of the molecule is CCC1C=c2sc(C(=C=O)N[C@@H]3C[C@@H](C(=O)N(C)C)CC[C@@H]3NC(=S)C(=O)Nc3ccc(Cl)cn3)nc2=CC1. The van der Waals surface area contributed by atoms with Crippen molar-refractivity contribution in [1.82, 2.24) is 25.5 Å². The summed E-state index contributed by atoms with van der Waals surface area (Å²) in [6, 6.07) is 2.51. The monoisotopic (exact) mass is 586 g/mol. The molecular formula is C27H31ClN6O3S2. The normalized spacial score (nSPS) is 21.7. The second-order valence-electron chi connectivity index (χ2n) is 9.91. The lowest BCUT2D eigenvalue weighted by Crippen LogP contribution is -2.55. The molecule has 2 aliphatic rings. The van der Waals surface area contributed by atoms with Crippen molar-refractivity contribution in [1.29, 1.82) is 0 Å². The summed E-state index contributed by atoms with van der Waals surface area (Å²) in [5, 5.41) is 11.0. The zero-order valence-electron chi connectivity index (χ0n) is 22.0. The molecule has 2 aromatic heterocycles. The van der Waals surface area contributed by atoms with E-state index in [4.69, 9.17) is 23.8 Å². The number of carbonyl (C=O) groups excluding carboxylic acids is 3. The number of hydrogen-bond donors (Lipinski definition) is 3. The number of halogens is 1. The van der Waals surface area contributed by atoms with Crippen LogP contribution in [-0.4, -0.2) is 63.8 Å². The molecule has 39 heavy (non-hydrogen) atoms. The third-order valence-electron chi connectivity index (χ3n) is 6.98. The lowest BCUT2D eigenvalue weighted by Gasteiger charge is -2.38. The molecule has 1 fully saturated rings. The Morgan fingerprint density at radius 1 is 1.23 bits per heavy atom. The largest absolute Gasteiger partial charge is 0.369 e. The number of pyridine rings is 1. The molecule has 0 aliphatic heterocycles. The predicted octanol–water partition coefficient (Wildman–Crippen LogP) is 2.13. The van der Waals surface area contributed by atoms with E-state index in [1.807, 2.05) is 5.94 Å². The van der Waals surface area contributed by atoms with Crippen LogP contribution in [0.4, 0.5) is 5.82 Å². The third-order valence-corrected chi connectivity index (χ3v) is 8.56. The van der Waals surface area contributed by atoms with Crippen LogP contribution in [0.5, 0.6) is 0 Å². The average Bonchev–Trinajstić information content (AvgIpc) is 3.36. The van der Waals surface area contributed by atoms with E-state index in [2.05, 4.69) is 45.0 Å². The quantitative estimate of drug-likeness (QED) is 0.334. The lowest BCUT2D eigenvalue weighted by atomic mass is 9.81. The van der Waals surface area contributed by atoms with Gasteiger partial charge >= 0.3 is 0 Å². The molecule has 2 aliphatic carbocycles. The van der Waals surface area contributed by atoms with Crippen molar-refractivity contribution in [3.8, 4) is 0 Å². The van der Waals surface area contributed by atoms with Gasteiger partial charge in [0.2, 0.25) is 5.91 Å². The first-order valence-electron chi connectivity index (χ1n) is 12.8. The van der Waals surface area contributed by atoms with Crippen LogP contribution in [0.1, 0.15) is 44.0 Å². The fourth-order valence-corrected chi connectivity index (χ4v) is 6.18. The molecule has 12 heteroatoms. The topological polar surface area (TPSA) is 116 Å². The van der Waals surface area contributed by atoms with Gasteiger partial charge in [0.1, 0.15) is 5.82 Å². The maximum Gasteiger partial charge on any atom is 0.284 e. The van der Waals surface area contributed by atoms with Gasteiger partial charge in [-0.05, 0) is 50.2 Å². The minimum absolute atomic E-state index is 0.0166. The Labute approximate surface area is 241 Å². The van der Waals surface area contributed by atoms with E-state index in [1.165, 1.54) is 17.5 Å². The van der Waals surface area contributed by atoms with Gasteiger partial charge < -0.3 is 20.9 Å². The molecule has 0 bridgehead atoms. The van der Waals surface area contributed by atoms with Crippen molar-refractivity contribution in [2.45, 2.75) is 51.1 Å². The fraction of sp³-hybridized carbons (Fsp3) is 0.444. The summed E-state index contributed by atoms with van der Waals surface area (Å²) < 4.78 is 1.05. The number of nitrogens with one attached hydrogen (secondary N) is 3. The maximum absolute atomic E-state index is 12.8. The van der Waals surface area contributed by atoms with Gasteiger partial charge in [-0.25, -0.2) is 14.8 Å². The van der Waals surface area contributed by atoms with Crippen LogP contribution < -0.4 is 25.8 Å². The van der Waals surface area contributed by atoms with E-state index in [0.29, 0.717) is 41.0 Å². The van der Waals surface area contributed by atoms with Crippen LogP contribution in [0.3, 0.4) is 0 Å². The highest BCUT2D eigenvalue weighted by Crippen LogP contribution is 2.28. The maximum atomic E-state index is 12.8. The fourth-order valence-electron chi connectivity index (χ4n) is 4.82. The van der Waals surface area contributed by atoms with E-state index in [9.17, 15) is 14.4 Å². The summed E-state index contributed by atoms with van der Waals surface area (Å²) in [5.41, 5.74) is 0.236. The highest BCUT2D eigenvalue weighted by atomic mass is 35.5. The van der Waals surface area contributed by atoms with E-state index in [-0.39, 0.29) is 34.6 Å². The minimum Gasteiger partial charge on any atom is -0.369 e. The van der Waals surface area contributed by atoms with Gasteiger partial charge in [0.05, 0.1) is 14.9 Å². The molecule has 4 rings (SSSR count). The highest BCUT2D eigenvalue weighted by Gasteiger charge is 2.36. The number of anilines is 1. The number of thiocarbonyl (C=S) groups is 1. The minimum atomic E-state index is -0.514. The summed E-state index contributed by atoms with van der Waals surface area (Å²) in [5.74, 6) is 2.07. The first-order valence-corrected chi connectivity index (χ1v) is 14.4. The van der Waals surface area contributed by atoms with Gasteiger partial charge in [0.15, 0.2) is 21.6 Å². The van der Waals surface area contributed by atoms with Crippen molar-refractivity contribution < 1.29 is 14.4 Å². The van der Waals surface area contributed by atoms with E-state index in [1.54, 1.807) is 31.1 Å². The first kappa shape index (κ1) is 28.9. The summed E-state index contributed by atoms with van der Waals surface area (Å²) in [6.07, 6.45) is 9.34. The molecule has 2 amide bonds. The van der Waals surface area contributed by atoms with Crippen LogP contribution >= 0.6 is 35.2 Å². The summed E-state index contributed by atoms with van der Waals surface area (Å²) in [4.78, 5) is 48.0. The smallest absolute Gasteiger partial charge is 0.284 e. The molecule has 1 unspecified atom stereocenters. The second kappa shape index (κ2) is 12.8. The molecule has 206 valence electrons. The summed E-state index contributed by atoms with van der Waals surface area (Å²) in [6.45, 7) is 2.15. The Hall–Kier alpha value is -3.11. The Bertz CT molecular complexity index is 1420. The van der Waals surface area contributed by atoms with Crippen molar-refractivity contribution in [3.63, 3.8) is 0 Å². The second-order valence-corrected chi connectivity index (χ2v) is 11.8. The summed E-state index contributed by atoms with van der Waals surface area (Å²) in [7, 11) is 3.46. The first-order chi connectivity index (χ1) is 18.7. The predicted molar refractivity (Wildman–Crippen MR) is 158 cm³/mol. The van der Waals surface area contributed by atoms with Crippen LogP contribution in [0.25, 0.3) is 17.8 Å². The van der Waals surface area contributed by atoms with E-state index < -0.39 is 5.91 Å². The van der Waals surface area contributed by atoms with Gasteiger partial charge in [-0.3, -0.25) is 9.59 Å². The van der Waals surface area contributed by atoms with Crippen LogP contribution in [0, 0.1) is 11.8 Å². The number of thiazole rings is 1. The molecule has 9 nitrogen and oxygen atoms in total. The average molecular weight is 587 g/mol. The summed E-state index contributed by atoms with van der Waals surface area (Å²) >= 11 is 12.7. The van der Waals surface area contributed by atoms with Gasteiger partial charge in [-0.15, -0.1) is 11.3 Å². The Kier molecular flexibility index (Phi) is 9.50. The Balaban J connectivity index is 1.52. The number of aromatic nitrogens is 2. The molecule has 1 saturated carbocycles. The number of nitrogens with zero attached hydrogens (tertiary/aromatic N) is 3. The molecule has 0 aromatic carbocycles. The van der Waals surface area contributed by atoms with E-state index in [0.717, 1.165) is 22.7 Å². The Morgan fingerprint density at radius 3 is 2.69 bits per heavy atom. The van der Waals surface area contributed by atoms with Crippen LogP contribution in [0.2, 0.25) is 5.02 Å². The van der Waals surface area contributed by atoms with Gasteiger partial charge in [-0.1, -0.05) is 42.9 Å². The van der Waals surface area contributed by atoms with E-state index >= 15 is 0 Å². The molecule has 3 N–H and O–H groups in total. The standard InChI is InChI=1S/C27H31ClN6O3S2/c1-4-15-5-8-19-22(11-15)39-26(32-19)21(14-35)30-20-12-16(27(37)34(2)3)6-9-18(20)31-25(38)24(36)33-23-10-7-17(28)13-29-23/h7-8,10-11,13,15-16,18,20,30H,4-6,9,12H2,1-3H3,(H,31,38)(H,29,33,36)/t15?,16-,18-,20+/m0/s1. The van der Waals surface area contributed by atoms with Crippen LogP contribution in [0.15, 0.2) is 18.3 Å². The molecule has 0 saturated heterocycles. The molecule has 4 atom stereocenters. The zero-order valence-corrected chi connectivity index (χ0v) is 24.4. The number of carbonyl (C=O) groups is 2. The lowest BCUT2D eigenvalue weighted by molar-refractivity contribution is -0.134. The zero-order chi connectivity index (χ0) is 28.1. The molecule has 0 radical (unpaired) electrons. The number of rotatable bonds is 7. The molecule has 2 aromatic rings.